The molecular weight excluding hydrogens is 348 g/mol. The summed E-state index contributed by atoms with van der Waals surface area (Å²) in [5.41, 5.74) is 6.84. The van der Waals surface area contributed by atoms with E-state index in [0.717, 1.165) is 11.1 Å². The predicted molar refractivity (Wildman–Crippen MR) is 97.3 cm³/mol. The van der Waals surface area contributed by atoms with Crippen LogP contribution in [0.1, 0.15) is 11.1 Å². The van der Waals surface area contributed by atoms with E-state index < -0.39 is 30.2 Å². The number of primary amides is 1. The molecule has 8 heteroatoms. The number of amides is 4. The van der Waals surface area contributed by atoms with Crippen molar-refractivity contribution in [1.29, 1.82) is 0 Å². The third-order valence-electron chi connectivity index (χ3n) is 4.40. The van der Waals surface area contributed by atoms with Crippen LogP contribution in [0.5, 0.6) is 0 Å². The van der Waals surface area contributed by atoms with Crippen LogP contribution < -0.4 is 11.1 Å². The summed E-state index contributed by atoms with van der Waals surface area (Å²) in [6.45, 7) is 0.262. The molecule has 1 aliphatic heterocycles. The number of carboxylic acids is 1. The maximum absolute atomic E-state index is 13.0. The molecule has 0 unspecified atom stereocenters. The summed E-state index contributed by atoms with van der Waals surface area (Å²) in [5, 5.41) is 12.1. The van der Waals surface area contributed by atoms with Crippen molar-refractivity contribution < 1.29 is 19.5 Å². The monoisotopic (exact) mass is 368 g/mol. The first-order valence-electron chi connectivity index (χ1n) is 8.41. The lowest BCUT2D eigenvalue weighted by molar-refractivity contribution is -0.142. The number of urea groups is 2. The van der Waals surface area contributed by atoms with Gasteiger partial charge in [0.05, 0.1) is 0 Å². The zero-order chi connectivity index (χ0) is 19.4. The number of carbonyl (C=O) groups is 3. The first-order valence-corrected chi connectivity index (χ1v) is 8.41. The fraction of sp³-hybridized carbons (Fsp3) is 0.211. The molecule has 1 heterocycles. The molecule has 2 atom stereocenters. The molecule has 0 radical (unpaired) electrons. The van der Waals surface area contributed by atoms with Crippen LogP contribution in [0, 0.1) is 0 Å². The van der Waals surface area contributed by atoms with Gasteiger partial charge in [-0.15, -0.1) is 0 Å². The highest BCUT2D eigenvalue weighted by molar-refractivity contribution is 5.89. The van der Waals surface area contributed by atoms with Gasteiger partial charge >= 0.3 is 18.0 Å². The van der Waals surface area contributed by atoms with E-state index in [2.05, 4.69) is 5.32 Å². The average molecular weight is 368 g/mol. The maximum Gasteiger partial charge on any atom is 0.330 e. The Morgan fingerprint density at radius 1 is 0.926 bits per heavy atom. The van der Waals surface area contributed by atoms with Crippen LogP contribution >= 0.6 is 0 Å². The van der Waals surface area contributed by atoms with Crippen molar-refractivity contribution >= 4 is 18.0 Å². The normalized spacial score (nSPS) is 19.2. The van der Waals surface area contributed by atoms with Crippen molar-refractivity contribution in [3.63, 3.8) is 0 Å². The van der Waals surface area contributed by atoms with Gasteiger partial charge in [-0.05, 0) is 11.1 Å². The minimum atomic E-state index is -1.26. The van der Waals surface area contributed by atoms with Crippen molar-refractivity contribution in [2.75, 3.05) is 0 Å². The molecule has 140 valence electrons. The minimum absolute atomic E-state index is 0.110. The minimum Gasteiger partial charge on any atom is -0.480 e. The molecule has 0 spiro atoms. The molecule has 4 N–H and O–H groups in total. The number of nitrogens with one attached hydrogen (secondary N) is 1. The molecule has 0 bridgehead atoms. The third-order valence-corrected chi connectivity index (χ3v) is 4.40. The molecule has 2 aromatic carbocycles. The Labute approximate surface area is 156 Å². The Balaban J connectivity index is 1.94. The largest absolute Gasteiger partial charge is 0.480 e. The maximum atomic E-state index is 13.0. The molecule has 27 heavy (non-hydrogen) atoms. The highest BCUT2D eigenvalue weighted by atomic mass is 16.4. The Kier molecular flexibility index (Phi) is 5.25. The summed E-state index contributed by atoms with van der Waals surface area (Å²) >= 11 is 0. The van der Waals surface area contributed by atoms with Gasteiger partial charge in [0.2, 0.25) is 0 Å². The first-order chi connectivity index (χ1) is 13.0. The molecule has 1 aliphatic rings. The summed E-state index contributed by atoms with van der Waals surface area (Å²) in [6.07, 6.45) is -1.07. The van der Waals surface area contributed by atoms with Crippen molar-refractivity contribution in [2.45, 2.75) is 25.3 Å². The molecule has 0 aromatic heterocycles. The van der Waals surface area contributed by atoms with Crippen molar-refractivity contribution in [3.8, 4) is 0 Å². The molecule has 0 saturated carbocycles. The van der Waals surface area contributed by atoms with Gasteiger partial charge in [-0.1, -0.05) is 60.7 Å². The van der Waals surface area contributed by atoms with Gasteiger partial charge in [-0.25, -0.2) is 14.4 Å². The summed E-state index contributed by atoms with van der Waals surface area (Å²) < 4.78 is 0. The Hall–Kier alpha value is -3.55. The van der Waals surface area contributed by atoms with E-state index in [0.29, 0.717) is 0 Å². The highest BCUT2D eigenvalue weighted by Gasteiger charge is 2.50. The molecule has 1 saturated heterocycles. The van der Waals surface area contributed by atoms with E-state index in [4.69, 9.17) is 5.73 Å². The summed E-state index contributed by atoms with van der Waals surface area (Å²) in [4.78, 5) is 39.0. The number of nitrogens with two attached hydrogens (primary N) is 1. The zero-order valence-corrected chi connectivity index (χ0v) is 14.5. The SMILES string of the molecule is NC(=O)N[C@H]1[C@@H](C(=O)O)N(Cc2ccccc2)C(=O)N1Cc1ccccc1. The zero-order valence-electron chi connectivity index (χ0n) is 14.5. The van der Waals surface area contributed by atoms with Crippen LogP contribution in [0.3, 0.4) is 0 Å². The van der Waals surface area contributed by atoms with Crippen molar-refractivity contribution in [3.05, 3.63) is 71.8 Å². The van der Waals surface area contributed by atoms with Gasteiger partial charge in [0.1, 0.15) is 6.17 Å². The van der Waals surface area contributed by atoms with E-state index in [9.17, 15) is 19.5 Å². The van der Waals surface area contributed by atoms with E-state index in [-0.39, 0.29) is 13.1 Å². The predicted octanol–water partition coefficient (Wildman–Crippen LogP) is 1.57. The van der Waals surface area contributed by atoms with Crippen LogP contribution in [-0.2, 0) is 17.9 Å². The summed E-state index contributed by atoms with van der Waals surface area (Å²) in [6, 6.07) is 15.6. The Morgan fingerprint density at radius 2 is 1.41 bits per heavy atom. The third kappa shape index (κ3) is 4.00. The molecule has 1 fully saturated rings. The van der Waals surface area contributed by atoms with Gasteiger partial charge in [0.15, 0.2) is 6.04 Å². The fourth-order valence-electron chi connectivity index (χ4n) is 3.21. The lowest BCUT2D eigenvalue weighted by Gasteiger charge is -2.25. The van der Waals surface area contributed by atoms with Crippen molar-refractivity contribution in [2.24, 2.45) is 5.73 Å². The Bertz CT molecular complexity index is 828. The quantitative estimate of drug-likeness (QED) is 0.718. The standard InChI is InChI=1S/C19H20N4O4/c20-18(26)21-16-15(17(24)25)22(11-13-7-3-1-4-8-13)19(27)23(16)12-14-9-5-2-6-10-14/h1-10,15-16H,11-12H2,(H,24,25)(H3,20,21,26)/t15-,16+/m0/s1. The van der Waals surface area contributed by atoms with Crippen LogP contribution in [-0.4, -0.2) is 45.1 Å². The van der Waals surface area contributed by atoms with E-state index in [1.54, 1.807) is 0 Å². The second-order valence-electron chi connectivity index (χ2n) is 6.25. The number of aliphatic carboxylic acids is 1. The molecule has 3 rings (SSSR count). The summed E-state index contributed by atoms with van der Waals surface area (Å²) in [5.74, 6) is -1.21. The molecule has 2 aromatic rings. The second-order valence-corrected chi connectivity index (χ2v) is 6.25. The van der Waals surface area contributed by atoms with Gasteiger partial charge in [-0.3, -0.25) is 4.90 Å². The van der Waals surface area contributed by atoms with Gasteiger partial charge in [0, 0.05) is 13.1 Å². The van der Waals surface area contributed by atoms with Gasteiger partial charge < -0.3 is 21.1 Å². The van der Waals surface area contributed by atoms with Crippen LogP contribution in [0.25, 0.3) is 0 Å². The lowest BCUT2D eigenvalue weighted by Crippen LogP contribution is -2.54. The van der Waals surface area contributed by atoms with Gasteiger partial charge in [-0.2, -0.15) is 0 Å². The first kappa shape index (κ1) is 18.2. The smallest absolute Gasteiger partial charge is 0.330 e. The van der Waals surface area contributed by atoms with Crippen molar-refractivity contribution in [1.82, 2.24) is 15.1 Å². The molecule has 0 aliphatic carbocycles. The molecule has 4 amide bonds. The topological polar surface area (TPSA) is 116 Å². The number of benzene rings is 2. The fourth-order valence-corrected chi connectivity index (χ4v) is 3.21. The lowest BCUT2D eigenvalue weighted by atomic mass is 10.1. The number of nitrogens with zero attached hydrogens (tertiary/aromatic N) is 2. The van der Waals surface area contributed by atoms with E-state index in [1.165, 1.54) is 9.80 Å². The number of hydrogen-bond donors (Lipinski definition) is 3. The highest BCUT2D eigenvalue weighted by Crippen LogP contribution is 2.26. The van der Waals surface area contributed by atoms with Crippen LogP contribution in [0.2, 0.25) is 0 Å². The Morgan fingerprint density at radius 3 is 1.85 bits per heavy atom. The number of rotatable bonds is 6. The molecule has 8 nitrogen and oxygen atoms in total. The van der Waals surface area contributed by atoms with Gasteiger partial charge in [0.25, 0.3) is 0 Å². The molecular formula is C19H20N4O4. The average Bonchev–Trinajstić information content (AvgIpc) is 2.88. The second kappa shape index (κ2) is 7.77. The van der Waals surface area contributed by atoms with E-state index in [1.807, 2.05) is 60.7 Å². The summed E-state index contributed by atoms with van der Waals surface area (Å²) in [7, 11) is 0. The van der Waals surface area contributed by atoms with Crippen LogP contribution in [0.4, 0.5) is 9.59 Å². The van der Waals surface area contributed by atoms with Crippen LogP contribution in [0.15, 0.2) is 60.7 Å². The number of hydrogen-bond acceptors (Lipinski definition) is 3. The number of carboxylic acid groups (broad SMARTS) is 1. The number of carbonyl (C=O) groups excluding carboxylic acids is 2. The van der Waals surface area contributed by atoms with E-state index >= 15 is 0 Å².